The number of hydrogen-bond acceptors (Lipinski definition) is 6. The van der Waals surface area contributed by atoms with Gasteiger partial charge in [-0.15, -0.1) is 0 Å². The van der Waals surface area contributed by atoms with Gasteiger partial charge in [-0.1, -0.05) is 37.8 Å². The van der Waals surface area contributed by atoms with Gasteiger partial charge in [-0.05, 0) is 29.8 Å². The topological polar surface area (TPSA) is 94.1 Å². The van der Waals surface area contributed by atoms with Gasteiger partial charge in [-0.2, -0.15) is 0 Å². The van der Waals surface area contributed by atoms with Gasteiger partial charge in [0.2, 0.25) is 0 Å². The van der Waals surface area contributed by atoms with E-state index in [1.165, 1.54) is 18.2 Å². The van der Waals surface area contributed by atoms with E-state index >= 15 is 0 Å². The molecule has 2 aromatic carbocycles. The number of halogens is 2. The number of esters is 1. The van der Waals surface area contributed by atoms with E-state index in [-0.39, 0.29) is 25.5 Å². The first kappa shape index (κ1) is 25.5. The maximum absolute atomic E-state index is 13.9. The first-order valence-corrected chi connectivity index (χ1v) is 10.1. The molecule has 0 aromatic heterocycles. The molecule has 0 heterocycles. The van der Waals surface area contributed by atoms with Crippen LogP contribution in [0.2, 0.25) is 0 Å². The lowest BCUT2D eigenvalue weighted by atomic mass is 9.96. The zero-order valence-electron chi connectivity index (χ0n) is 18.0. The molecule has 176 valence electrons. The fourth-order valence-electron chi connectivity index (χ4n) is 2.76. The third kappa shape index (κ3) is 8.38. The summed E-state index contributed by atoms with van der Waals surface area (Å²) in [5.41, 5.74) is 0.321. The summed E-state index contributed by atoms with van der Waals surface area (Å²) in [6.45, 7) is 5.21. The van der Waals surface area contributed by atoms with E-state index in [1.807, 2.05) is 0 Å². The molecule has 0 spiro atoms. The van der Waals surface area contributed by atoms with E-state index in [9.17, 15) is 18.4 Å². The molecule has 0 radical (unpaired) electrons. The van der Waals surface area contributed by atoms with Gasteiger partial charge < -0.3 is 19.3 Å². The van der Waals surface area contributed by atoms with Crippen LogP contribution in [-0.2, 0) is 14.3 Å². The van der Waals surface area contributed by atoms with Crippen LogP contribution in [0.1, 0.15) is 18.6 Å². The Morgan fingerprint density at radius 3 is 2.55 bits per heavy atom. The first-order chi connectivity index (χ1) is 15.8. The lowest BCUT2D eigenvalue weighted by Crippen LogP contribution is -2.22. The molecular formula is C24H25F2NO6. The number of rotatable bonds is 11. The standard InChI is InChI=1S/C24H25F2NO6/c1-3-13-32-22(29)11-4-16(2)23(17-5-8-19(9-6-17)31-14-12-28)33-24(30)27-21-10-7-18(25)15-20(21)26/h3-11,15-16,23,28H,1,12-14H2,2H3,(H,27,30)/b11-4+/t16-,23-/m1/s1. The lowest BCUT2D eigenvalue weighted by Gasteiger charge is -2.23. The molecule has 1 amide bonds. The minimum absolute atomic E-state index is 0.0540. The molecule has 2 rings (SSSR count). The van der Waals surface area contributed by atoms with Crippen LogP contribution in [0, 0.1) is 17.6 Å². The van der Waals surface area contributed by atoms with E-state index in [4.69, 9.17) is 19.3 Å². The zero-order chi connectivity index (χ0) is 24.2. The van der Waals surface area contributed by atoms with Gasteiger partial charge in [0.25, 0.3) is 0 Å². The van der Waals surface area contributed by atoms with Gasteiger partial charge in [0, 0.05) is 18.1 Å². The Bertz CT molecular complexity index is 977. The Balaban J connectivity index is 2.19. The quantitative estimate of drug-likeness (QED) is 0.290. The Labute approximate surface area is 190 Å². The minimum Gasteiger partial charge on any atom is -0.491 e. The molecule has 0 aliphatic carbocycles. The van der Waals surface area contributed by atoms with Crippen molar-refractivity contribution in [1.29, 1.82) is 0 Å². The number of aliphatic hydroxyl groups excluding tert-OH is 1. The number of amides is 1. The highest BCUT2D eigenvalue weighted by Gasteiger charge is 2.23. The van der Waals surface area contributed by atoms with E-state index in [0.717, 1.165) is 12.1 Å². The van der Waals surface area contributed by atoms with E-state index in [0.29, 0.717) is 17.4 Å². The van der Waals surface area contributed by atoms with Crippen LogP contribution in [0.3, 0.4) is 0 Å². The molecule has 9 heteroatoms. The molecule has 2 aromatic rings. The Hall–Kier alpha value is -3.72. The van der Waals surface area contributed by atoms with Crippen molar-refractivity contribution >= 4 is 17.7 Å². The number of nitrogens with one attached hydrogen (secondary N) is 1. The zero-order valence-corrected chi connectivity index (χ0v) is 18.0. The van der Waals surface area contributed by atoms with Crippen molar-refractivity contribution in [1.82, 2.24) is 0 Å². The summed E-state index contributed by atoms with van der Waals surface area (Å²) in [5, 5.41) is 11.1. The maximum Gasteiger partial charge on any atom is 0.412 e. The molecule has 33 heavy (non-hydrogen) atoms. The molecule has 0 fully saturated rings. The SMILES string of the molecule is C=CCOC(=O)/C=C/[C@@H](C)[C@@H](OC(=O)Nc1ccc(F)cc1F)c1ccc(OCCO)cc1. The molecule has 2 N–H and O–H groups in total. The highest BCUT2D eigenvalue weighted by atomic mass is 19.1. The van der Waals surface area contributed by atoms with Crippen molar-refractivity contribution in [3.63, 3.8) is 0 Å². The van der Waals surface area contributed by atoms with Crippen molar-refractivity contribution in [3.8, 4) is 5.75 Å². The average Bonchev–Trinajstić information content (AvgIpc) is 2.80. The second kappa shape index (κ2) is 13.0. The molecule has 0 unspecified atom stereocenters. The summed E-state index contributed by atoms with van der Waals surface area (Å²) in [4.78, 5) is 24.2. The normalized spacial score (nSPS) is 12.6. The Morgan fingerprint density at radius 2 is 1.91 bits per heavy atom. The van der Waals surface area contributed by atoms with Gasteiger partial charge in [0.1, 0.15) is 36.7 Å². The predicted molar refractivity (Wildman–Crippen MR) is 118 cm³/mol. The van der Waals surface area contributed by atoms with E-state index < -0.39 is 35.7 Å². The molecular weight excluding hydrogens is 436 g/mol. The smallest absolute Gasteiger partial charge is 0.412 e. The number of ether oxygens (including phenoxy) is 3. The second-order valence-corrected chi connectivity index (χ2v) is 6.85. The molecule has 0 bridgehead atoms. The van der Waals surface area contributed by atoms with E-state index in [1.54, 1.807) is 31.2 Å². The van der Waals surface area contributed by atoms with Gasteiger partial charge in [0.05, 0.1) is 12.3 Å². The highest BCUT2D eigenvalue weighted by Crippen LogP contribution is 2.29. The van der Waals surface area contributed by atoms with Crippen molar-refractivity contribution < 1.29 is 37.7 Å². The Morgan fingerprint density at radius 1 is 1.18 bits per heavy atom. The predicted octanol–water partition coefficient (Wildman–Crippen LogP) is 4.55. The van der Waals surface area contributed by atoms with E-state index in [2.05, 4.69) is 11.9 Å². The molecule has 0 saturated carbocycles. The molecule has 0 saturated heterocycles. The van der Waals surface area contributed by atoms with Crippen molar-refractivity contribution in [2.75, 3.05) is 25.1 Å². The summed E-state index contributed by atoms with van der Waals surface area (Å²) < 4.78 is 42.7. The van der Waals surface area contributed by atoms with Crippen molar-refractivity contribution in [2.45, 2.75) is 13.0 Å². The third-order valence-electron chi connectivity index (χ3n) is 4.33. The van der Waals surface area contributed by atoms with Gasteiger partial charge in [-0.3, -0.25) is 5.32 Å². The second-order valence-electron chi connectivity index (χ2n) is 6.85. The summed E-state index contributed by atoms with van der Waals surface area (Å²) in [5.74, 6) is -2.32. The number of hydrogen-bond donors (Lipinski definition) is 2. The highest BCUT2D eigenvalue weighted by molar-refractivity contribution is 5.85. The number of benzene rings is 2. The maximum atomic E-state index is 13.9. The monoisotopic (exact) mass is 461 g/mol. The number of aliphatic hydroxyl groups is 1. The fourth-order valence-corrected chi connectivity index (χ4v) is 2.76. The van der Waals surface area contributed by atoms with Crippen LogP contribution >= 0.6 is 0 Å². The minimum atomic E-state index is -0.972. The molecule has 7 nitrogen and oxygen atoms in total. The first-order valence-electron chi connectivity index (χ1n) is 10.1. The number of carbonyl (C=O) groups excluding carboxylic acids is 2. The summed E-state index contributed by atoms with van der Waals surface area (Å²) in [6, 6.07) is 9.29. The molecule has 0 aliphatic heterocycles. The summed E-state index contributed by atoms with van der Waals surface area (Å²) in [6.07, 6.45) is 2.31. The third-order valence-corrected chi connectivity index (χ3v) is 4.33. The van der Waals surface area contributed by atoms with Crippen LogP contribution in [0.15, 0.2) is 67.3 Å². The van der Waals surface area contributed by atoms with Crippen LogP contribution in [0.4, 0.5) is 19.3 Å². The van der Waals surface area contributed by atoms with Gasteiger partial charge in [0.15, 0.2) is 0 Å². The van der Waals surface area contributed by atoms with Gasteiger partial charge in [-0.25, -0.2) is 18.4 Å². The van der Waals surface area contributed by atoms with Crippen molar-refractivity contribution in [3.05, 3.63) is 84.5 Å². The van der Waals surface area contributed by atoms with Gasteiger partial charge >= 0.3 is 12.1 Å². The van der Waals surface area contributed by atoms with Crippen LogP contribution in [-0.4, -0.2) is 37.0 Å². The van der Waals surface area contributed by atoms with Crippen molar-refractivity contribution in [2.24, 2.45) is 5.92 Å². The fraction of sp³-hybridized carbons (Fsp3) is 0.250. The van der Waals surface area contributed by atoms with Crippen LogP contribution in [0.25, 0.3) is 0 Å². The largest absolute Gasteiger partial charge is 0.491 e. The average molecular weight is 461 g/mol. The Kier molecular flexibility index (Phi) is 10.0. The van der Waals surface area contributed by atoms with Crippen LogP contribution < -0.4 is 10.1 Å². The van der Waals surface area contributed by atoms with Crippen LogP contribution in [0.5, 0.6) is 5.75 Å². The molecule has 0 aliphatic rings. The summed E-state index contributed by atoms with van der Waals surface area (Å²) >= 11 is 0. The number of anilines is 1. The summed E-state index contributed by atoms with van der Waals surface area (Å²) in [7, 11) is 0. The number of carbonyl (C=O) groups is 2. The lowest BCUT2D eigenvalue weighted by molar-refractivity contribution is -0.136. The molecule has 2 atom stereocenters.